The molecule has 0 aliphatic carbocycles. The average Bonchev–Trinajstić information content (AvgIpc) is 3.29. The number of piperazine rings is 1. The highest BCUT2D eigenvalue weighted by atomic mass is 19.1. The molecule has 30 heavy (non-hydrogen) atoms. The van der Waals surface area contributed by atoms with E-state index in [0.717, 1.165) is 38.3 Å². The van der Waals surface area contributed by atoms with E-state index in [1.165, 1.54) is 11.8 Å². The van der Waals surface area contributed by atoms with Crippen LogP contribution in [0.5, 0.6) is 0 Å². The molecule has 1 fully saturated rings. The highest BCUT2D eigenvalue weighted by Crippen LogP contribution is 2.24. The van der Waals surface area contributed by atoms with Crippen molar-refractivity contribution in [1.29, 1.82) is 0 Å². The molecular weight excluding hydrogens is 388 g/mol. The Morgan fingerprint density at radius 3 is 2.27 bits per heavy atom. The van der Waals surface area contributed by atoms with Gasteiger partial charge in [0.15, 0.2) is 0 Å². The summed E-state index contributed by atoms with van der Waals surface area (Å²) in [6.45, 7) is 3.38. The molecule has 1 amide bonds. The predicted molar refractivity (Wildman–Crippen MR) is 110 cm³/mol. The van der Waals surface area contributed by atoms with Gasteiger partial charge >= 0.3 is 0 Å². The number of amides is 1. The van der Waals surface area contributed by atoms with E-state index in [2.05, 4.69) is 27.2 Å². The Balaban J connectivity index is 1.44. The van der Waals surface area contributed by atoms with E-state index >= 15 is 0 Å². The normalized spacial score (nSPS) is 15.7. The minimum atomic E-state index is -0.876. The molecule has 1 aliphatic heterocycles. The van der Waals surface area contributed by atoms with Crippen molar-refractivity contribution < 1.29 is 18.0 Å². The molecular formula is C23H23F2N3O2. The van der Waals surface area contributed by atoms with Crippen molar-refractivity contribution in [3.63, 3.8) is 0 Å². The van der Waals surface area contributed by atoms with E-state index in [4.69, 9.17) is 4.42 Å². The predicted octanol–water partition coefficient (Wildman–Crippen LogP) is 3.85. The van der Waals surface area contributed by atoms with Crippen molar-refractivity contribution in [2.24, 2.45) is 0 Å². The van der Waals surface area contributed by atoms with Crippen molar-refractivity contribution in [2.75, 3.05) is 37.6 Å². The number of rotatable bonds is 6. The number of para-hydroxylation sites is 1. The Hall–Kier alpha value is -3.19. The second-order valence-corrected chi connectivity index (χ2v) is 7.20. The molecule has 1 N–H and O–H groups in total. The molecule has 7 heteroatoms. The first-order chi connectivity index (χ1) is 14.6. The smallest absolute Gasteiger partial charge is 0.257 e. The highest BCUT2D eigenvalue weighted by Gasteiger charge is 2.28. The summed E-state index contributed by atoms with van der Waals surface area (Å²) in [4.78, 5) is 17.0. The maximum Gasteiger partial charge on any atom is 0.257 e. The number of hydrogen-bond donors (Lipinski definition) is 1. The number of nitrogens with one attached hydrogen (secondary N) is 1. The molecule has 4 rings (SSSR count). The minimum absolute atomic E-state index is 0.186. The number of hydrogen-bond acceptors (Lipinski definition) is 4. The third kappa shape index (κ3) is 4.36. The van der Waals surface area contributed by atoms with Gasteiger partial charge in [0.05, 0.1) is 12.3 Å². The number of anilines is 1. The SMILES string of the molecule is O=C(NC[C@@H](c1ccco1)N1CCN(c2ccccc2)CC1)c1c(F)cccc1F. The molecule has 0 saturated carbocycles. The van der Waals surface area contributed by atoms with Crippen LogP contribution in [0.1, 0.15) is 22.2 Å². The lowest BCUT2D eigenvalue weighted by Gasteiger charge is -2.39. The zero-order valence-corrected chi connectivity index (χ0v) is 16.4. The summed E-state index contributed by atoms with van der Waals surface area (Å²) in [7, 11) is 0. The second-order valence-electron chi connectivity index (χ2n) is 7.20. The van der Waals surface area contributed by atoms with Crippen molar-refractivity contribution in [3.8, 4) is 0 Å². The zero-order valence-electron chi connectivity index (χ0n) is 16.4. The van der Waals surface area contributed by atoms with Crippen LogP contribution >= 0.6 is 0 Å². The standard InChI is InChI=1S/C23H23F2N3O2/c24-18-8-4-9-19(25)22(18)23(29)26-16-20(21-10-5-15-30-21)28-13-11-27(12-14-28)17-6-2-1-3-7-17/h1-10,15,20H,11-14,16H2,(H,26,29)/t20-/m0/s1. The number of carbonyl (C=O) groups excluding carboxylic acids is 1. The lowest BCUT2D eigenvalue weighted by Crippen LogP contribution is -2.50. The van der Waals surface area contributed by atoms with E-state index in [9.17, 15) is 13.6 Å². The molecule has 5 nitrogen and oxygen atoms in total. The van der Waals surface area contributed by atoms with Gasteiger partial charge in [-0.2, -0.15) is 0 Å². The second kappa shape index (κ2) is 9.09. The topological polar surface area (TPSA) is 48.7 Å². The summed E-state index contributed by atoms with van der Waals surface area (Å²) in [5.74, 6) is -1.82. The van der Waals surface area contributed by atoms with Crippen LogP contribution in [-0.4, -0.2) is 43.5 Å². The van der Waals surface area contributed by atoms with Gasteiger partial charge in [-0.25, -0.2) is 8.78 Å². The van der Waals surface area contributed by atoms with Crippen LogP contribution < -0.4 is 10.2 Å². The fourth-order valence-corrected chi connectivity index (χ4v) is 3.81. The molecule has 0 spiro atoms. The maximum absolute atomic E-state index is 13.9. The summed E-state index contributed by atoms with van der Waals surface area (Å²) < 4.78 is 33.4. The van der Waals surface area contributed by atoms with Gasteiger partial charge in [-0.05, 0) is 36.4 Å². The van der Waals surface area contributed by atoms with Crippen molar-refractivity contribution in [1.82, 2.24) is 10.2 Å². The zero-order chi connectivity index (χ0) is 20.9. The van der Waals surface area contributed by atoms with Crippen LogP contribution in [0.2, 0.25) is 0 Å². The van der Waals surface area contributed by atoms with E-state index in [1.807, 2.05) is 24.3 Å². The number of carbonyl (C=O) groups is 1. The molecule has 156 valence electrons. The minimum Gasteiger partial charge on any atom is -0.468 e. The Labute approximate surface area is 173 Å². The highest BCUT2D eigenvalue weighted by molar-refractivity contribution is 5.94. The van der Waals surface area contributed by atoms with Crippen molar-refractivity contribution in [3.05, 3.63) is 89.9 Å². The van der Waals surface area contributed by atoms with Crippen LogP contribution in [0.15, 0.2) is 71.3 Å². The third-order valence-corrected chi connectivity index (χ3v) is 5.39. The fraction of sp³-hybridized carbons (Fsp3) is 0.261. The Kier molecular flexibility index (Phi) is 6.09. The monoisotopic (exact) mass is 411 g/mol. The van der Waals surface area contributed by atoms with Gasteiger partial charge in [-0.3, -0.25) is 9.69 Å². The van der Waals surface area contributed by atoms with Crippen LogP contribution in [0.25, 0.3) is 0 Å². The van der Waals surface area contributed by atoms with Gasteiger partial charge in [-0.1, -0.05) is 24.3 Å². The molecule has 2 aromatic carbocycles. The first-order valence-electron chi connectivity index (χ1n) is 9.93. The van der Waals surface area contributed by atoms with Gasteiger partial charge in [0.25, 0.3) is 5.91 Å². The number of benzene rings is 2. The van der Waals surface area contributed by atoms with Gasteiger partial charge < -0.3 is 14.6 Å². The first kappa shape index (κ1) is 20.1. The lowest BCUT2D eigenvalue weighted by molar-refractivity contribution is 0.0914. The van der Waals surface area contributed by atoms with Gasteiger partial charge in [-0.15, -0.1) is 0 Å². The number of furan rings is 1. The van der Waals surface area contributed by atoms with Gasteiger partial charge in [0, 0.05) is 38.4 Å². The van der Waals surface area contributed by atoms with Crippen molar-refractivity contribution >= 4 is 11.6 Å². The summed E-state index contributed by atoms with van der Waals surface area (Å²) in [6.07, 6.45) is 1.58. The van der Waals surface area contributed by atoms with E-state index in [-0.39, 0.29) is 12.6 Å². The van der Waals surface area contributed by atoms with Gasteiger partial charge in [0.2, 0.25) is 0 Å². The van der Waals surface area contributed by atoms with Crippen LogP contribution in [0.3, 0.4) is 0 Å². The molecule has 0 unspecified atom stereocenters. The largest absolute Gasteiger partial charge is 0.468 e. The summed E-state index contributed by atoms with van der Waals surface area (Å²) in [5, 5.41) is 2.67. The van der Waals surface area contributed by atoms with Crippen LogP contribution in [0, 0.1) is 11.6 Å². The Morgan fingerprint density at radius 2 is 1.63 bits per heavy atom. The number of halogens is 2. The van der Waals surface area contributed by atoms with E-state index in [1.54, 1.807) is 12.3 Å². The summed E-state index contributed by atoms with van der Waals surface area (Å²) >= 11 is 0. The quantitative estimate of drug-likeness (QED) is 0.669. The van der Waals surface area contributed by atoms with E-state index < -0.39 is 23.1 Å². The third-order valence-electron chi connectivity index (χ3n) is 5.39. The molecule has 1 saturated heterocycles. The average molecular weight is 411 g/mol. The van der Waals surface area contributed by atoms with Crippen LogP contribution in [-0.2, 0) is 0 Å². The van der Waals surface area contributed by atoms with E-state index in [0.29, 0.717) is 5.76 Å². The molecule has 1 aliphatic rings. The maximum atomic E-state index is 13.9. The molecule has 3 aromatic rings. The molecule has 1 atom stereocenters. The Morgan fingerprint density at radius 1 is 0.933 bits per heavy atom. The summed E-state index contributed by atoms with van der Waals surface area (Å²) in [5.41, 5.74) is 0.611. The summed E-state index contributed by atoms with van der Waals surface area (Å²) in [6, 6.07) is 17.0. The molecule has 2 heterocycles. The first-order valence-corrected chi connectivity index (χ1v) is 9.93. The van der Waals surface area contributed by atoms with Crippen LogP contribution in [0.4, 0.5) is 14.5 Å². The Bertz CT molecular complexity index is 951. The number of nitrogens with zero attached hydrogens (tertiary/aromatic N) is 2. The molecule has 1 aromatic heterocycles. The van der Waals surface area contributed by atoms with Gasteiger partial charge in [0.1, 0.15) is 23.0 Å². The molecule has 0 radical (unpaired) electrons. The molecule has 0 bridgehead atoms. The fourth-order valence-electron chi connectivity index (χ4n) is 3.81. The lowest BCUT2D eigenvalue weighted by atomic mass is 10.1. The van der Waals surface area contributed by atoms with Crippen molar-refractivity contribution in [2.45, 2.75) is 6.04 Å².